The molecule has 0 radical (unpaired) electrons. The summed E-state index contributed by atoms with van der Waals surface area (Å²) in [6.07, 6.45) is 4.99. The Labute approximate surface area is 199 Å². The lowest BCUT2D eigenvalue weighted by Gasteiger charge is -2.27. The molecular formula is C26H31N3O5. The van der Waals surface area contributed by atoms with Crippen LogP contribution in [0.15, 0.2) is 47.5 Å². The van der Waals surface area contributed by atoms with E-state index in [1.807, 2.05) is 23.6 Å². The molecule has 0 unspecified atom stereocenters. The van der Waals surface area contributed by atoms with Gasteiger partial charge in [0.2, 0.25) is 5.43 Å². The molecular weight excluding hydrogens is 434 g/mol. The molecule has 0 spiro atoms. The van der Waals surface area contributed by atoms with E-state index < -0.39 is 0 Å². The van der Waals surface area contributed by atoms with E-state index in [1.165, 1.54) is 11.1 Å². The van der Waals surface area contributed by atoms with E-state index in [-0.39, 0.29) is 23.0 Å². The minimum absolute atomic E-state index is 0.0169. The van der Waals surface area contributed by atoms with Crippen LogP contribution in [0.5, 0.6) is 5.75 Å². The summed E-state index contributed by atoms with van der Waals surface area (Å²) < 4.78 is 17.6. The lowest BCUT2D eigenvalue weighted by Crippen LogP contribution is -2.42. The molecule has 0 atom stereocenters. The first-order valence-corrected chi connectivity index (χ1v) is 11.6. The molecule has 34 heavy (non-hydrogen) atoms. The third-order valence-corrected chi connectivity index (χ3v) is 6.07. The quantitative estimate of drug-likeness (QED) is 0.589. The van der Waals surface area contributed by atoms with Gasteiger partial charge in [-0.3, -0.25) is 9.59 Å². The number of benzene rings is 1. The van der Waals surface area contributed by atoms with Crippen molar-refractivity contribution in [2.75, 3.05) is 40.5 Å². The van der Waals surface area contributed by atoms with Gasteiger partial charge in [-0.1, -0.05) is 24.3 Å². The SMILES string of the molecule is CCn1cc(C(=O)N2CCOCC2)c(=O)c2cc(OC3Cc4ccccc4C3)cnc21.COC. The van der Waals surface area contributed by atoms with Crippen LogP contribution in [0.3, 0.4) is 0 Å². The van der Waals surface area contributed by atoms with Crippen LogP contribution in [0.2, 0.25) is 0 Å². The Morgan fingerprint density at radius 2 is 1.79 bits per heavy atom. The van der Waals surface area contributed by atoms with Crippen molar-refractivity contribution < 1.29 is 19.0 Å². The Morgan fingerprint density at radius 3 is 2.41 bits per heavy atom. The lowest BCUT2D eigenvalue weighted by molar-refractivity contribution is 0.0301. The molecule has 0 N–H and O–H groups in total. The summed E-state index contributed by atoms with van der Waals surface area (Å²) in [6, 6.07) is 10.1. The van der Waals surface area contributed by atoms with Gasteiger partial charge in [0.25, 0.3) is 5.91 Å². The minimum Gasteiger partial charge on any atom is -0.488 e. The maximum absolute atomic E-state index is 13.3. The van der Waals surface area contributed by atoms with Gasteiger partial charge >= 0.3 is 0 Å². The highest BCUT2D eigenvalue weighted by Crippen LogP contribution is 2.26. The molecule has 3 heterocycles. The van der Waals surface area contributed by atoms with Gasteiger partial charge in [0.15, 0.2) is 0 Å². The summed E-state index contributed by atoms with van der Waals surface area (Å²) in [4.78, 5) is 32.5. The van der Waals surface area contributed by atoms with Gasteiger partial charge in [0, 0.05) is 52.9 Å². The monoisotopic (exact) mass is 465 g/mol. The van der Waals surface area contributed by atoms with E-state index >= 15 is 0 Å². The van der Waals surface area contributed by atoms with Crippen LogP contribution < -0.4 is 10.2 Å². The number of nitrogens with zero attached hydrogens (tertiary/aromatic N) is 3. The first-order valence-electron chi connectivity index (χ1n) is 11.6. The average molecular weight is 466 g/mol. The van der Waals surface area contributed by atoms with E-state index in [4.69, 9.17) is 9.47 Å². The van der Waals surface area contributed by atoms with Gasteiger partial charge in [-0.15, -0.1) is 0 Å². The summed E-state index contributed by atoms with van der Waals surface area (Å²) in [5, 5.41) is 0.411. The predicted molar refractivity (Wildman–Crippen MR) is 130 cm³/mol. The number of amides is 1. The Hall–Kier alpha value is -3.23. The van der Waals surface area contributed by atoms with Crippen molar-refractivity contribution in [3.63, 3.8) is 0 Å². The zero-order valence-electron chi connectivity index (χ0n) is 20.0. The summed E-state index contributed by atoms with van der Waals surface area (Å²) in [5.41, 5.74) is 3.03. The number of aromatic nitrogens is 2. The number of carbonyl (C=O) groups is 1. The van der Waals surface area contributed by atoms with Crippen LogP contribution >= 0.6 is 0 Å². The molecule has 0 saturated carbocycles. The normalized spacial score (nSPS) is 15.6. The zero-order chi connectivity index (χ0) is 24.1. The number of carbonyl (C=O) groups excluding carboxylic acids is 1. The molecule has 2 aliphatic rings. The highest BCUT2D eigenvalue weighted by atomic mass is 16.5. The van der Waals surface area contributed by atoms with E-state index in [1.54, 1.807) is 37.6 Å². The molecule has 1 aliphatic carbocycles. The predicted octanol–water partition coefficient (Wildman–Crippen LogP) is 2.70. The molecule has 1 saturated heterocycles. The lowest BCUT2D eigenvalue weighted by atomic mass is 10.1. The fraction of sp³-hybridized carbons (Fsp3) is 0.423. The van der Waals surface area contributed by atoms with Crippen LogP contribution in [0.25, 0.3) is 11.0 Å². The van der Waals surface area contributed by atoms with Crippen LogP contribution in [0.1, 0.15) is 28.4 Å². The Kier molecular flexibility index (Phi) is 7.59. The molecule has 1 fully saturated rings. The second-order valence-corrected chi connectivity index (χ2v) is 8.43. The molecule has 5 rings (SSSR count). The second-order valence-electron chi connectivity index (χ2n) is 8.43. The highest BCUT2D eigenvalue weighted by molar-refractivity contribution is 5.97. The maximum atomic E-state index is 13.3. The van der Waals surface area contributed by atoms with E-state index in [0.29, 0.717) is 49.6 Å². The van der Waals surface area contributed by atoms with Gasteiger partial charge < -0.3 is 23.7 Å². The molecule has 3 aromatic rings. The van der Waals surface area contributed by atoms with Crippen molar-refractivity contribution >= 4 is 16.9 Å². The highest BCUT2D eigenvalue weighted by Gasteiger charge is 2.25. The molecule has 8 heteroatoms. The Bertz CT molecular complexity index is 1190. The first-order chi connectivity index (χ1) is 16.5. The summed E-state index contributed by atoms with van der Waals surface area (Å²) in [6.45, 7) is 4.54. The van der Waals surface area contributed by atoms with Crippen molar-refractivity contribution in [3.8, 4) is 5.75 Å². The molecule has 1 aromatic carbocycles. The van der Waals surface area contributed by atoms with Crippen molar-refractivity contribution in [1.82, 2.24) is 14.5 Å². The number of pyridine rings is 2. The summed E-state index contributed by atoms with van der Waals surface area (Å²) in [7, 11) is 3.25. The van der Waals surface area contributed by atoms with Crippen molar-refractivity contribution in [2.24, 2.45) is 0 Å². The smallest absolute Gasteiger partial charge is 0.259 e. The van der Waals surface area contributed by atoms with Gasteiger partial charge in [0.1, 0.15) is 23.1 Å². The minimum atomic E-state index is -0.302. The van der Waals surface area contributed by atoms with Gasteiger partial charge in [0.05, 0.1) is 24.8 Å². The first kappa shape index (κ1) is 23.9. The number of aryl methyl sites for hydroxylation is 1. The topological polar surface area (TPSA) is 82.9 Å². The van der Waals surface area contributed by atoms with E-state index in [9.17, 15) is 9.59 Å². The van der Waals surface area contributed by atoms with E-state index in [0.717, 1.165) is 12.8 Å². The standard InChI is InChI=1S/C24H25N3O4.C2H6O/c1-2-26-15-21(24(29)27-7-9-30-10-8-27)22(28)20-13-19(14-25-23(20)26)31-18-11-16-5-3-4-6-17(16)12-18;1-3-2/h3-6,13-15,18H,2,7-12H2,1H3;1-2H3. The summed E-state index contributed by atoms with van der Waals surface area (Å²) in [5.74, 6) is 0.302. The van der Waals surface area contributed by atoms with Crippen molar-refractivity contribution in [2.45, 2.75) is 32.4 Å². The number of methoxy groups -OCH3 is 1. The molecule has 180 valence electrons. The number of hydrogen-bond acceptors (Lipinski definition) is 6. The fourth-order valence-corrected chi connectivity index (χ4v) is 4.44. The van der Waals surface area contributed by atoms with Crippen molar-refractivity contribution in [3.05, 3.63) is 69.6 Å². The molecule has 0 bridgehead atoms. The average Bonchev–Trinajstić information content (AvgIpc) is 3.27. The third-order valence-electron chi connectivity index (χ3n) is 6.07. The largest absolute Gasteiger partial charge is 0.488 e. The van der Waals surface area contributed by atoms with Gasteiger partial charge in [-0.2, -0.15) is 0 Å². The molecule has 8 nitrogen and oxygen atoms in total. The maximum Gasteiger partial charge on any atom is 0.259 e. The van der Waals surface area contributed by atoms with Crippen LogP contribution in [-0.4, -0.2) is 67.0 Å². The number of ether oxygens (including phenoxy) is 3. The number of fused-ring (bicyclic) bond motifs is 2. The van der Waals surface area contributed by atoms with Crippen LogP contribution in [0, 0.1) is 0 Å². The summed E-state index contributed by atoms with van der Waals surface area (Å²) >= 11 is 0. The number of hydrogen-bond donors (Lipinski definition) is 0. The molecule has 1 amide bonds. The molecule has 1 aliphatic heterocycles. The van der Waals surface area contributed by atoms with Gasteiger partial charge in [-0.05, 0) is 24.1 Å². The van der Waals surface area contributed by atoms with Crippen LogP contribution in [-0.2, 0) is 28.9 Å². The number of morpholine rings is 1. The van der Waals surface area contributed by atoms with Crippen molar-refractivity contribution in [1.29, 1.82) is 0 Å². The Balaban J connectivity index is 0.000000868. The zero-order valence-corrected chi connectivity index (χ0v) is 20.0. The molecule has 2 aromatic heterocycles. The second kappa shape index (κ2) is 10.8. The fourth-order valence-electron chi connectivity index (χ4n) is 4.44. The van der Waals surface area contributed by atoms with E-state index in [2.05, 4.69) is 21.9 Å². The van der Waals surface area contributed by atoms with Gasteiger partial charge in [-0.25, -0.2) is 4.98 Å². The third kappa shape index (κ3) is 4.98. The number of rotatable bonds is 4. The Morgan fingerprint density at radius 1 is 1.15 bits per heavy atom. The van der Waals surface area contributed by atoms with Crippen LogP contribution in [0.4, 0.5) is 0 Å².